The molecule has 0 aromatic heterocycles. The van der Waals surface area contributed by atoms with Gasteiger partial charge in [0.25, 0.3) is 0 Å². The van der Waals surface area contributed by atoms with Crippen LogP contribution in [0.3, 0.4) is 0 Å². The number of carbonyl (C=O) groups excluding carboxylic acids is 4. The van der Waals surface area contributed by atoms with E-state index >= 15 is 0 Å². The van der Waals surface area contributed by atoms with E-state index in [4.69, 9.17) is 0 Å². The van der Waals surface area contributed by atoms with Crippen molar-refractivity contribution in [3.05, 3.63) is 0 Å². The maximum atomic E-state index is 13.0. The molecule has 27 heavy (non-hydrogen) atoms. The van der Waals surface area contributed by atoms with Crippen molar-refractivity contribution in [2.75, 3.05) is 6.54 Å². The van der Waals surface area contributed by atoms with Gasteiger partial charge in [-0.25, -0.2) is 0 Å². The summed E-state index contributed by atoms with van der Waals surface area (Å²) in [5.74, 6) is 1.08. The summed E-state index contributed by atoms with van der Waals surface area (Å²) in [7, 11) is 0. The quantitative estimate of drug-likeness (QED) is 0.695. The minimum Gasteiger partial charge on any atom is -0.347 e. The van der Waals surface area contributed by atoms with Crippen LogP contribution in [-0.4, -0.2) is 47.2 Å². The Labute approximate surface area is 158 Å². The minimum atomic E-state index is -0.714. The molecule has 7 nitrogen and oxygen atoms in total. The third kappa shape index (κ3) is 2.95. The number of imide groups is 1. The Hall–Kier alpha value is -1.92. The fourth-order valence-corrected chi connectivity index (χ4v) is 6.57. The van der Waals surface area contributed by atoms with Gasteiger partial charge in [-0.1, -0.05) is 0 Å². The summed E-state index contributed by atoms with van der Waals surface area (Å²) in [5.41, 5.74) is -0.278. The van der Waals surface area contributed by atoms with Crippen LogP contribution in [0.15, 0.2) is 0 Å². The number of nitrogens with zero attached hydrogens (tertiary/aromatic N) is 1. The van der Waals surface area contributed by atoms with Crippen LogP contribution in [0.4, 0.5) is 0 Å². The fourth-order valence-electron chi connectivity index (χ4n) is 6.57. The van der Waals surface area contributed by atoms with Crippen molar-refractivity contribution < 1.29 is 19.2 Å². The molecule has 6 aliphatic rings. The highest BCUT2D eigenvalue weighted by atomic mass is 16.2. The second-order valence-electron chi connectivity index (χ2n) is 9.55. The number of carbonyl (C=O) groups is 4. The van der Waals surface area contributed by atoms with Crippen LogP contribution in [0, 0.1) is 23.2 Å². The van der Waals surface area contributed by atoms with E-state index in [1.54, 1.807) is 4.90 Å². The minimum absolute atomic E-state index is 0.0237. The molecule has 0 spiro atoms. The molecule has 5 aliphatic carbocycles. The number of rotatable bonds is 5. The molecule has 0 unspecified atom stereocenters. The Morgan fingerprint density at radius 2 is 1.63 bits per heavy atom. The van der Waals surface area contributed by atoms with Gasteiger partial charge in [0.15, 0.2) is 0 Å². The van der Waals surface area contributed by atoms with Crippen LogP contribution in [0.25, 0.3) is 0 Å². The van der Waals surface area contributed by atoms with Gasteiger partial charge in [0.05, 0.1) is 13.0 Å². The molecular formula is C20H27N3O4. The SMILES string of the molecule is O=C1C[C@@H](N(C(=O)CNC(=O)C23CC4CC(CC(C4)C2)C3)C2CC2)C(=O)N1. The molecule has 5 saturated carbocycles. The monoisotopic (exact) mass is 373 g/mol. The lowest BCUT2D eigenvalue weighted by Crippen LogP contribution is -2.55. The molecule has 2 N–H and O–H groups in total. The molecule has 4 amide bonds. The second kappa shape index (κ2) is 6.04. The van der Waals surface area contributed by atoms with Gasteiger partial charge in [-0.2, -0.15) is 0 Å². The summed E-state index contributed by atoms with van der Waals surface area (Å²) < 4.78 is 0. The van der Waals surface area contributed by atoms with Gasteiger partial charge in [0, 0.05) is 11.5 Å². The molecule has 0 aromatic rings. The summed E-state index contributed by atoms with van der Waals surface area (Å²) >= 11 is 0. The lowest BCUT2D eigenvalue weighted by atomic mass is 9.49. The molecule has 1 heterocycles. The van der Waals surface area contributed by atoms with E-state index in [1.807, 2.05) is 0 Å². The lowest BCUT2D eigenvalue weighted by molar-refractivity contribution is -0.148. The first-order valence-electron chi connectivity index (χ1n) is 10.4. The third-order valence-corrected chi connectivity index (χ3v) is 7.43. The predicted octanol–water partition coefficient (Wildman–Crippen LogP) is 0.725. The summed E-state index contributed by atoms with van der Waals surface area (Å²) in [6, 6.07) is -0.690. The van der Waals surface area contributed by atoms with Crippen molar-refractivity contribution in [3.8, 4) is 0 Å². The third-order valence-electron chi connectivity index (χ3n) is 7.43. The number of hydrogen-bond acceptors (Lipinski definition) is 4. The van der Waals surface area contributed by atoms with Crippen LogP contribution >= 0.6 is 0 Å². The highest BCUT2D eigenvalue weighted by Gasteiger charge is 2.54. The predicted molar refractivity (Wildman–Crippen MR) is 95.0 cm³/mol. The van der Waals surface area contributed by atoms with Crippen LogP contribution in [0.1, 0.15) is 57.8 Å². The van der Waals surface area contributed by atoms with Crippen LogP contribution < -0.4 is 10.6 Å². The zero-order valence-electron chi connectivity index (χ0n) is 15.5. The van der Waals surface area contributed by atoms with Gasteiger partial charge in [-0.05, 0) is 69.1 Å². The van der Waals surface area contributed by atoms with E-state index in [-0.39, 0.29) is 42.1 Å². The zero-order chi connectivity index (χ0) is 18.8. The van der Waals surface area contributed by atoms with Gasteiger partial charge in [-0.15, -0.1) is 0 Å². The van der Waals surface area contributed by atoms with Crippen molar-refractivity contribution in [2.45, 2.75) is 69.9 Å². The normalized spacial score (nSPS) is 39.4. The smallest absolute Gasteiger partial charge is 0.249 e. The Balaban J connectivity index is 1.24. The first-order chi connectivity index (χ1) is 12.9. The van der Waals surface area contributed by atoms with Gasteiger partial charge >= 0.3 is 0 Å². The Morgan fingerprint density at radius 1 is 1.04 bits per heavy atom. The standard InChI is InChI=1S/C20H27N3O4/c24-16-6-15(18(26)22-16)23(14-1-2-14)17(25)10-21-19(27)20-7-11-3-12(8-20)5-13(4-11)9-20/h11-15H,1-10H2,(H,21,27)(H,22,24,26)/t11?,12?,13?,15-,20?/m1/s1. The molecule has 6 rings (SSSR count). The molecule has 0 aromatic carbocycles. The van der Waals surface area contributed by atoms with E-state index in [0.717, 1.165) is 32.1 Å². The van der Waals surface area contributed by atoms with Crippen molar-refractivity contribution >= 4 is 23.6 Å². The number of nitrogens with one attached hydrogen (secondary N) is 2. The highest BCUT2D eigenvalue weighted by molar-refractivity contribution is 6.07. The van der Waals surface area contributed by atoms with Crippen molar-refractivity contribution in [1.82, 2.24) is 15.5 Å². The molecule has 6 fully saturated rings. The topological polar surface area (TPSA) is 95.6 Å². The summed E-state index contributed by atoms with van der Waals surface area (Å²) in [6.07, 6.45) is 8.44. The van der Waals surface area contributed by atoms with E-state index in [1.165, 1.54) is 19.3 Å². The Bertz CT molecular complexity index is 679. The average molecular weight is 373 g/mol. The largest absolute Gasteiger partial charge is 0.347 e. The summed E-state index contributed by atoms with van der Waals surface area (Å²) in [5, 5.41) is 5.18. The van der Waals surface area contributed by atoms with Crippen molar-refractivity contribution in [1.29, 1.82) is 0 Å². The molecular weight excluding hydrogens is 346 g/mol. The first-order valence-corrected chi connectivity index (χ1v) is 10.4. The summed E-state index contributed by atoms with van der Waals surface area (Å²) in [4.78, 5) is 50.9. The molecule has 0 radical (unpaired) electrons. The fraction of sp³-hybridized carbons (Fsp3) is 0.800. The zero-order valence-corrected chi connectivity index (χ0v) is 15.5. The summed E-state index contributed by atoms with van der Waals surface area (Å²) in [6.45, 7) is -0.0744. The first kappa shape index (κ1) is 17.2. The molecule has 7 heteroatoms. The number of amides is 4. The number of hydrogen-bond donors (Lipinski definition) is 2. The Kier molecular flexibility index (Phi) is 3.85. The second-order valence-corrected chi connectivity index (χ2v) is 9.55. The molecule has 4 bridgehead atoms. The van der Waals surface area contributed by atoms with Gasteiger partial charge in [0.2, 0.25) is 23.6 Å². The van der Waals surface area contributed by atoms with E-state index in [0.29, 0.717) is 17.8 Å². The van der Waals surface area contributed by atoms with E-state index in [9.17, 15) is 19.2 Å². The lowest BCUT2D eigenvalue weighted by Gasteiger charge is -2.55. The van der Waals surface area contributed by atoms with Gasteiger partial charge in [0.1, 0.15) is 6.04 Å². The van der Waals surface area contributed by atoms with Crippen LogP contribution in [-0.2, 0) is 19.2 Å². The Morgan fingerprint density at radius 3 is 2.11 bits per heavy atom. The van der Waals surface area contributed by atoms with E-state index in [2.05, 4.69) is 10.6 Å². The van der Waals surface area contributed by atoms with Gasteiger partial charge < -0.3 is 10.2 Å². The van der Waals surface area contributed by atoms with E-state index < -0.39 is 11.9 Å². The molecule has 1 aliphatic heterocycles. The maximum absolute atomic E-state index is 13.0. The highest BCUT2D eigenvalue weighted by Crippen LogP contribution is 2.60. The molecule has 1 atom stereocenters. The molecule has 146 valence electrons. The van der Waals surface area contributed by atoms with Crippen molar-refractivity contribution in [2.24, 2.45) is 23.2 Å². The van der Waals surface area contributed by atoms with Crippen LogP contribution in [0.5, 0.6) is 0 Å². The van der Waals surface area contributed by atoms with Gasteiger partial charge in [-0.3, -0.25) is 24.5 Å². The molecule has 1 saturated heterocycles. The van der Waals surface area contributed by atoms with Crippen molar-refractivity contribution in [3.63, 3.8) is 0 Å². The average Bonchev–Trinajstić information content (AvgIpc) is 3.37. The van der Waals surface area contributed by atoms with Crippen LogP contribution in [0.2, 0.25) is 0 Å². The maximum Gasteiger partial charge on any atom is 0.249 e.